The lowest BCUT2D eigenvalue weighted by Gasteiger charge is -2.35. The second-order valence-corrected chi connectivity index (χ2v) is 13.9. The van der Waals surface area contributed by atoms with Crippen molar-refractivity contribution >= 4 is 45.0 Å². The summed E-state index contributed by atoms with van der Waals surface area (Å²) in [5, 5.41) is -2.66. The van der Waals surface area contributed by atoms with Crippen molar-refractivity contribution in [3.05, 3.63) is 116 Å². The van der Waals surface area contributed by atoms with Crippen LogP contribution in [0.2, 0.25) is 5.02 Å². The Morgan fingerprint density at radius 3 is 2.03 bits per heavy atom. The van der Waals surface area contributed by atoms with E-state index in [9.17, 15) is 18.0 Å². The lowest BCUT2D eigenvalue weighted by atomic mass is 9.87. The summed E-state index contributed by atoms with van der Waals surface area (Å²) >= 11 is 7.59. The number of benzene rings is 3. The first-order chi connectivity index (χ1) is 18.6. The number of ketones is 1. The second-order valence-electron chi connectivity index (χ2n) is 10.0. The third-order valence-corrected chi connectivity index (χ3v) is 11.4. The lowest BCUT2D eigenvalue weighted by Crippen LogP contribution is -2.49. The number of hydrogen-bond acceptors (Lipinski definition) is 6. The fourth-order valence-electron chi connectivity index (χ4n) is 5.39. The maximum atomic E-state index is 14.4. The van der Waals surface area contributed by atoms with E-state index in [-0.39, 0.29) is 17.4 Å². The number of esters is 1. The summed E-state index contributed by atoms with van der Waals surface area (Å²) in [4.78, 5) is 28.2. The summed E-state index contributed by atoms with van der Waals surface area (Å²) in [5.41, 5.74) is 4.70. The molecule has 2 aliphatic heterocycles. The number of carbonyl (C=O) groups is 2. The Hall–Kier alpha value is -2.87. The molecule has 8 heteroatoms. The molecule has 0 fully saturated rings. The highest BCUT2D eigenvalue weighted by molar-refractivity contribution is 8.04. The van der Waals surface area contributed by atoms with Gasteiger partial charge in [-0.3, -0.25) is 9.59 Å². The van der Waals surface area contributed by atoms with E-state index in [2.05, 4.69) is 0 Å². The van der Waals surface area contributed by atoms with E-state index in [0.29, 0.717) is 22.6 Å². The number of sulfone groups is 1. The van der Waals surface area contributed by atoms with Crippen LogP contribution in [0.3, 0.4) is 0 Å². The SMILES string of the molecule is CCOC(=O)[C@H]1[C@H](c2ccc(C)cc2)C2=C(C[C@H](c3ccc(C)cc3)S2)[C@H](C(=O)c2ccc(Cl)cc2)S1(=O)=O. The van der Waals surface area contributed by atoms with Crippen LogP contribution in [0.25, 0.3) is 0 Å². The summed E-state index contributed by atoms with van der Waals surface area (Å²) < 4.78 is 34.1. The molecule has 5 rings (SSSR count). The quantitative estimate of drug-likeness (QED) is 0.236. The molecule has 0 radical (unpaired) electrons. The Labute approximate surface area is 238 Å². The molecule has 0 bridgehead atoms. The van der Waals surface area contributed by atoms with Crippen LogP contribution < -0.4 is 0 Å². The van der Waals surface area contributed by atoms with Gasteiger partial charge in [0, 0.05) is 21.8 Å². The maximum Gasteiger partial charge on any atom is 0.325 e. The van der Waals surface area contributed by atoms with Gasteiger partial charge in [-0.25, -0.2) is 8.42 Å². The molecular formula is C31H29ClO5S2. The normalized spacial score (nSPS) is 23.8. The highest BCUT2D eigenvalue weighted by Gasteiger charge is 2.57. The first-order valence-electron chi connectivity index (χ1n) is 12.8. The molecule has 0 N–H and O–H groups in total. The highest BCUT2D eigenvalue weighted by Crippen LogP contribution is 2.59. The second kappa shape index (κ2) is 11.0. The van der Waals surface area contributed by atoms with Crippen LogP contribution in [-0.2, 0) is 19.4 Å². The summed E-state index contributed by atoms with van der Waals surface area (Å²) in [5.74, 6) is -2.15. The van der Waals surface area contributed by atoms with Gasteiger partial charge in [0.1, 0.15) is 5.25 Å². The van der Waals surface area contributed by atoms with Crippen LogP contribution in [0, 0.1) is 13.8 Å². The van der Waals surface area contributed by atoms with Crippen LogP contribution in [0.4, 0.5) is 0 Å². The van der Waals surface area contributed by atoms with Crippen molar-refractivity contribution in [2.75, 3.05) is 6.61 Å². The minimum absolute atomic E-state index is 0.0340. The number of hydrogen-bond donors (Lipinski definition) is 0. The zero-order valence-corrected chi connectivity index (χ0v) is 24.3. The largest absolute Gasteiger partial charge is 0.465 e. The average Bonchev–Trinajstić information content (AvgIpc) is 3.33. The molecule has 0 saturated heterocycles. The first kappa shape index (κ1) is 27.7. The van der Waals surface area contributed by atoms with Gasteiger partial charge in [-0.2, -0.15) is 0 Å². The Bertz CT molecular complexity index is 1540. The monoisotopic (exact) mass is 580 g/mol. The van der Waals surface area contributed by atoms with Crippen LogP contribution in [0.1, 0.15) is 57.1 Å². The Kier molecular flexibility index (Phi) is 7.77. The predicted octanol–water partition coefficient (Wildman–Crippen LogP) is 6.78. The molecule has 4 atom stereocenters. The molecule has 39 heavy (non-hydrogen) atoms. The summed E-state index contributed by atoms with van der Waals surface area (Å²) in [6, 6.07) is 21.9. The molecule has 2 heterocycles. The smallest absolute Gasteiger partial charge is 0.325 e. The summed E-state index contributed by atoms with van der Waals surface area (Å²) in [7, 11) is -4.35. The zero-order valence-electron chi connectivity index (χ0n) is 21.9. The molecule has 0 aliphatic carbocycles. The van der Waals surface area contributed by atoms with Crippen LogP contribution >= 0.6 is 23.4 Å². The van der Waals surface area contributed by atoms with Gasteiger partial charge in [-0.1, -0.05) is 71.3 Å². The average molecular weight is 581 g/mol. The molecule has 3 aromatic rings. The number of ether oxygens (including phenoxy) is 1. The number of thioether (sulfide) groups is 1. The van der Waals surface area contributed by atoms with Gasteiger partial charge in [-0.15, -0.1) is 11.8 Å². The van der Waals surface area contributed by atoms with Gasteiger partial charge in [0.05, 0.1) is 6.61 Å². The Balaban J connectivity index is 1.71. The number of halogens is 1. The number of carbonyl (C=O) groups excluding carboxylic acids is 2. The van der Waals surface area contributed by atoms with Gasteiger partial charge < -0.3 is 4.74 Å². The number of aryl methyl sites for hydroxylation is 2. The lowest BCUT2D eigenvalue weighted by molar-refractivity contribution is -0.142. The fourth-order valence-corrected chi connectivity index (χ4v) is 9.66. The van der Waals surface area contributed by atoms with E-state index in [1.54, 1.807) is 30.8 Å². The van der Waals surface area contributed by atoms with Crippen molar-refractivity contribution < 1.29 is 22.7 Å². The first-order valence-corrected chi connectivity index (χ1v) is 15.7. The Morgan fingerprint density at radius 1 is 0.897 bits per heavy atom. The minimum Gasteiger partial charge on any atom is -0.465 e. The molecule has 0 spiro atoms. The van der Waals surface area contributed by atoms with Crippen molar-refractivity contribution in [3.8, 4) is 0 Å². The minimum atomic E-state index is -4.35. The van der Waals surface area contributed by atoms with Gasteiger partial charge in [-0.05, 0) is 73.1 Å². The van der Waals surface area contributed by atoms with E-state index in [1.165, 1.54) is 12.1 Å². The summed E-state index contributed by atoms with van der Waals surface area (Å²) in [6.45, 7) is 5.65. The standard InChI is InChI=1S/C31H29ClO5S2/c1-4-37-31(34)30-26(21-11-7-19(3)8-12-21)28-24(17-25(38-28)20-9-5-18(2)6-10-20)29(39(30,35)36)27(33)22-13-15-23(32)16-14-22/h5-16,25-26,29-30H,4,17H2,1-3H3/t25-,26-,29-,30-/m1/s1. The number of allylic oxidation sites excluding steroid dienone is 1. The van der Waals surface area contributed by atoms with Gasteiger partial charge in [0.15, 0.2) is 20.9 Å². The van der Waals surface area contributed by atoms with Crippen molar-refractivity contribution in [2.24, 2.45) is 0 Å². The van der Waals surface area contributed by atoms with E-state index >= 15 is 0 Å². The molecule has 0 amide bonds. The van der Waals surface area contributed by atoms with Crippen LogP contribution in [0.15, 0.2) is 83.3 Å². The van der Waals surface area contributed by atoms with Crippen LogP contribution in [-0.4, -0.2) is 37.3 Å². The van der Waals surface area contributed by atoms with E-state index in [0.717, 1.165) is 21.6 Å². The molecule has 0 saturated carbocycles. The molecule has 202 valence electrons. The van der Waals surface area contributed by atoms with Gasteiger partial charge >= 0.3 is 5.97 Å². The third kappa shape index (κ3) is 5.20. The van der Waals surface area contributed by atoms with Gasteiger partial charge in [0.25, 0.3) is 0 Å². The fraction of sp³-hybridized carbons (Fsp3) is 0.290. The van der Waals surface area contributed by atoms with E-state index in [4.69, 9.17) is 16.3 Å². The molecular weight excluding hydrogens is 552 g/mol. The van der Waals surface area contributed by atoms with Gasteiger partial charge in [0.2, 0.25) is 0 Å². The highest BCUT2D eigenvalue weighted by atomic mass is 35.5. The topological polar surface area (TPSA) is 77.5 Å². The predicted molar refractivity (Wildman–Crippen MR) is 156 cm³/mol. The van der Waals surface area contributed by atoms with Crippen LogP contribution in [0.5, 0.6) is 0 Å². The zero-order chi connectivity index (χ0) is 27.9. The molecule has 5 nitrogen and oxygen atoms in total. The van der Waals surface area contributed by atoms with Crippen molar-refractivity contribution in [2.45, 2.75) is 48.9 Å². The van der Waals surface area contributed by atoms with Crippen molar-refractivity contribution in [3.63, 3.8) is 0 Å². The van der Waals surface area contributed by atoms with E-state index in [1.807, 2.05) is 62.4 Å². The van der Waals surface area contributed by atoms with Crippen molar-refractivity contribution in [1.82, 2.24) is 0 Å². The van der Waals surface area contributed by atoms with E-state index < -0.39 is 38.0 Å². The Morgan fingerprint density at radius 2 is 1.46 bits per heavy atom. The molecule has 2 aliphatic rings. The molecule has 0 aromatic heterocycles. The molecule has 0 unspecified atom stereocenters. The van der Waals surface area contributed by atoms with Crippen molar-refractivity contribution in [1.29, 1.82) is 0 Å². The summed E-state index contributed by atoms with van der Waals surface area (Å²) in [6.07, 6.45) is 0.393. The third-order valence-electron chi connectivity index (χ3n) is 7.35. The number of Topliss-reactive ketones (excluding diaryl/α,β-unsaturated/α-hetero) is 1. The molecule has 3 aromatic carbocycles. The number of rotatable bonds is 6. The maximum absolute atomic E-state index is 14.4.